The Bertz CT molecular complexity index is 611. The number of rotatable bonds is 4. The highest BCUT2D eigenvalue weighted by Gasteiger charge is 2.29. The van der Waals surface area contributed by atoms with Gasteiger partial charge in [0.2, 0.25) is 10.0 Å². The van der Waals surface area contributed by atoms with Gasteiger partial charge in [0.25, 0.3) is 0 Å². The second kappa shape index (κ2) is 6.52. The number of nitriles is 1. The largest absolute Gasteiger partial charge is 0.309 e. The standard InChI is InChI=1S/C14H20N4O2S/c1-17(2)11-12-5-7-18(8-6-12)21(19,20)14-4-3-13(9-15)16-10-14/h3-4,10,12H,5-8,11H2,1-2H3. The van der Waals surface area contributed by atoms with E-state index >= 15 is 0 Å². The first-order valence-corrected chi connectivity index (χ1v) is 8.38. The molecule has 0 spiro atoms. The van der Waals surface area contributed by atoms with Gasteiger partial charge in [-0.1, -0.05) is 0 Å². The van der Waals surface area contributed by atoms with Crippen molar-refractivity contribution in [2.45, 2.75) is 17.7 Å². The topological polar surface area (TPSA) is 77.3 Å². The molecule has 1 aliphatic heterocycles. The number of nitrogens with zero attached hydrogens (tertiary/aromatic N) is 4. The lowest BCUT2D eigenvalue weighted by Gasteiger charge is -2.32. The van der Waals surface area contributed by atoms with Crippen molar-refractivity contribution >= 4 is 10.0 Å². The van der Waals surface area contributed by atoms with E-state index in [1.165, 1.54) is 22.6 Å². The average molecular weight is 308 g/mol. The first-order chi connectivity index (χ1) is 9.93. The molecule has 7 heteroatoms. The Kier molecular flexibility index (Phi) is 4.93. The quantitative estimate of drug-likeness (QED) is 0.826. The maximum atomic E-state index is 12.5. The first-order valence-electron chi connectivity index (χ1n) is 6.94. The van der Waals surface area contributed by atoms with Crippen molar-refractivity contribution < 1.29 is 8.42 Å². The Morgan fingerprint density at radius 2 is 2.05 bits per heavy atom. The molecule has 0 atom stereocenters. The van der Waals surface area contributed by atoms with E-state index in [0.29, 0.717) is 19.0 Å². The highest BCUT2D eigenvalue weighted by molar-refractivity contribution is 7.89. The third-order valence-corrected chi connectivity index (χ3v) is 5.57. The Hall–Kier alpha value is -1.49. The Labute approximate surface area is 126 Å². The molecule has 0 aliphatic carbocycles. The number of hydrogen-bond donors (Lipinski definition) is 0. The van der Waals surface area contributed by atoms with Gasteiger partial charge in [-0.15, -0.1) is 0 Å². The van der Waals surface area contributed by atoms with Crippen LogP contribution in [0.4, 0.5) is 0 Å². The molecule has 0 N–H and O–H groups in total. The van der Waals surface area contributed by atoms with E-state index in [2.05, 4.69) is 9.88 Å². The van der Waals surface area contributed by atoms with Crippen LogP contribution in [-0.4, -0.2) is 56.3 Å². The highest BCUT2D eigenvalue weighted by Crippen LogP contribution is 2.23. The minimum Gasteiger partial charge on any atom is -0.309 e. The van der Waals surface area contributed by atoms with E-state index in [1.54, 1.807) is 0 Å². The molecule has 21 heavy (non-hydrogen) atoms. The summed E-state index contributed by atoms with van der Waals surface area (Å²) in [4.78, 5) is 6.14. The van der Waals surface area contributed by atoms with Gasteiger partial charge >= 0.3 is 0 Å². The molecule has 0 radical (unpaired) electrons. The molecular weight excluding hydrogens is 288 g/mol. The molecule has 2 heterocycles. The third kappa shape index (κ3) is 3.79. The number of hydrogen-bond acceptors (Lipinski definition) is 5. The molecule has 0 unspecified atom stereocenters. The fraction of sp³-hybridized carbons (Fsp3) is 0.571. The fourth-order valence-electron chi connectivity index (χ4n) is 2.60. The number of aromatic nitrogens is 1. The number of pyridine rings is 1. The molecule has 2 rings (SSSR count). The van der Waals surface area contributed by atoms with Gasteiger partial charge in [-0.05, 0) is 45.0 Å². The zero-order valence-electron chi connectivity index (χ0n) is 12.4. The fourth-order valence-corrected chi connectivity index (χ4v) is 4.01. The first kappa shape index (κ1) is 15.9. The molecule has 114 valence electrons. The molecule has 6 nitrogen and oxygen atoms in total. The van der Waals surface area contributed by atoms with Crippen molar-refractivity contribution in [3.8, 4) is 6.07 Å². The average Bonchev–Trinajstić information content (AvgIpc) is 2.47. The summed E-state index contributed by atoms with van der Waals surface area (Å²) in [5.41, 5.74) is 0.221. The van der Waals surface area contributed by atoms with Crippen LogP contribution < -0.4 is 0 Å². The predicted molar refractivity (Wildman–Crippen MR) is 79.0 cm³/mol. The summed E-state index contributed by atoms with van der Waals surface area (Å²) in [6.07, 6.45) is 3.02. The van der Waals surface area contributed by atoms with E-state index in [9.17, 15) is 8.42 Å². The van der Waals surface area contributed by atoms with Gasteiger partial charge in [-0.25, -0.2) is 13.4 Å². The minimum atomic E-state index is -3.49. The summed E-state index contributed by atoms with van der Waals surface area (Å²) < 4.78 is 26.5. The predicted octanol–water partition coefficient (Wildman–Crippen LogP) is 0.916. The van der Waals surface area contributed by atoms with Crippen LogP contribution in [0.3, 0.4) is 0 Å². The zero-order valence-corrected chi connectivity index (χ0v) is 13.2. The van der Waals surface area contributed by atoms with Crippen LogP contribution in [0.1, 0.15) is 18.5 Å². The molecular formula is C14H20N4O2S. The molecule has 1 aromatic heterocycles. The molecule has 1 saturated heterocycles. The van der Waals surface area contributed by atoms with Crippen molar-refractivity contribution in [3.05, 3.63) is 24.0 Å². The summed E-state index contributed by atoms with van der Waals surface area (Å²) in [5.74, 6) is 0.547. The van der Waals surface area contributed by atoms with E-state index < -0.39 is 10.0 Å². The lowest BCUT2D eigenvalue weighted by molar-refractivity contribution is 0.225. The van der Waals surface area contributed by atoms with Crippen LogP contribution in [0.25, 0.3) is 0 Å². The molecule has 1 aliphatic rings. The molecule has 1 fully saturated rings. The van der Waals surface area contributed by atoms with Gasteiger partial charge in [0.15, 0.2) is 0 Å². The Morgan fingerprint density at radius 3 is 2.52 bits per heavy atom. The van der Waals surface area contributed by atoms with Crippen LogP contribution in [-0.2, 0) is 10.0 Å². The SMILES string of the molecule is CN(C)CC1CCN(S(=O)(=O)c2ccc(C#N)nc2)CC1. The van der Waals surface area contributed by atoms with E-state index in [0.717, 1.165) is 19.4 Å². The molecule has 0 bridgehead atoms. The summed E-state index contributed by atoms with van der Waals surface area (Å²) >= 11 is 0. The lowest BCUT2D eigenvalue weighted by Crippen LogP contribution is -2.40. The van der Waals surface area contributed by atoms with Gasteiger partial charge in [0, 0.05) is 25.8 Å². The van der Waals surface area contributed by atoms with Crippen molar-refractivity contribution in [2.24, 2.45) is 5.92 Å². The van der Waals surface area contributed by atoms with Crippen LogP contribution in [0.2, 0.25) is 0 Å². The third-order valence-electron chi connectivity index (χ3n) is 3.69. The Balaban J connectivity index is 2.06. The van der Waals surface area contributed by atoms with E-state index in [1.807, 2.05) is 20.2 Å². The van der Waals surface area contributed by atoms with Crippen molar-refractivity contribution in [3.63, 3.8) is 0 Å². The molecule has 1 aromatic rings. The number of sulfonamides is 1. The van der Waals surface area contributed by atoms with Crippen LogP contribution >= 0.6 is 0 Å². The van der Waals surface area contributed by atoms with E-state index in [-0.39, 0.29) is 10.6 Å². The summed E-state index contributed by atoms with van der Waals surface area (Å²) in [5, 5.41) is 8.70. The van der Waals surface area contributed by atoms with Crippen molar-refractivity contribution in [1.82, 2.24) is 14.2 Å². The molecule has 0 saturated carbocycles. The summed E-state index contributed by atoms with van der Waals surface area (Å²) in [6, 6.07) is 4.77. The second-order valence-electron chi connectivity index (χ2n) is 5.60. The van der Waals surface area contributed by atoms with Crippen LogP contribution in [0.15, 0.2) is 23.2 Å². The smallest absolute Gasteiger partial charge is 0.244 e. The molecule has 0 aromatic carbocycles. The van der Waals surface area contributed by atoms with Gasteiger partial charge in [0.1, 0.15) is 16.7 Å². The maximum absolute atomic E-state index is 12.5. The van der Waals surface area contributed by atoms with Crippen molar-refractivity contribution in [2.75, 3.05) is 33.7 Å². The Morgan fingerprint density at radius 1 is 1.38 bits per heavy atom. The number of piperidine rings is 1. The zero-order chi connectivity index (χ0) is 15.5. The second-order valence-corrected chi connectivity index (χ2v) is 7.54. The van der Waals surface area contributed by atoms with Crippen LogP contribution in [0, 0.1) is 17.2 Å². The minimum absolute atomic E-state index is 0.160. The lowest BCUT2D eigenvalue weighted by atomic mass is 9.98. The maximum Gasteiger partial charge on any atom is 0.244 e. The van der Waals surface area contributed by atoms with Gasteiger partial charge in [-0.3, -0.25) is 0 Å². The van der Waals surface area contributed by atoms with Crippen molar-refractivity contribution in [1.29, 1.82) is 5.26 Å². The highest BCUT2D eigenvalue weighted by atomic mass is 32.2. The van der Waals surface area contributed by atoms with E-state index in [4.69, 9.17) is 5.26 Å². The van der Waals surface area contributed by atoms with Gasteiger partial charge in [-0.2, -0.15) is 9.57 Å². The summed E-state index contributed by atoms with van der Waals surface area (Å²) in [6.45, 7) is 2.08. The van der Waals surface area contributed by atoms with Crippen LogP contribution in [0.5, 0.6) is 0 Å². The molecule has 0 amide bonds. The van der Waals surface area contributed by atoms with Gasteiger partial charge < -0.3 is 4.90 Å². The monoisotopic (exact) mass is 308 g/mol. The normalized spacial score (nSPS) is 17.8. The summed E-state index contributed by atoms with van der Waals surface area (Å²) in [7, 11) is 0.575. The van der Waals surface area contributed by atoms with Gasteiger partial charge in [0.05, 0.1) is 0 Å².